The summed E-state index contributed by atoms with van der Waals surface area (Å²) in [6, 6.07) is 3.84. The van der Waals surface area contributed by atoms with Gasteiger partial charge in [-0.15, -0.1) is 11.3 Å². The Labute approximate surface area is 127 Å². The van der Waals surface area contributed by atoms with Gasteiger partial charge in [-0.3, -0.25) is 4.79 Å². The van der Waals surface area contributed by atoms with Crippen LogP contribution in [0.25, 0.3) is 10.7 Å². The van der Waals surface area contributed by atoms with E-state index in [4.69, 9.17) is 4.52 Å². The lowest BCUT2D eigenvalue weighted by Crippen LogP contribution is -2.54. The third-order valence-corrected chi connectivity index (χ3v) is 4.85. The van der Waals surface area contributed by atoms with Gasteiger partial charge in [-0.2, -0.15) is 4.98 Å². The highest BCUT2D eigenvalue weighted by Gasteiger charge is 2.43. The van der Waals surface area contributed by atoms with Crippen LogP contribution in [0, 0.1) is 5.41 Å². The molecule has 2 aromatic heterocycles. The first kappa shape index (κ1) is 15.7. The van der Waals surface area contributed by atoms with E-state index in [1.165, 1.54) is 11.3 Å². The molecule has 0 atom stereocenters. The lowest BCUT2D eigenvalue weighted by Gasteiger charge is -2.38. The van der Waals surface area contributed by atoms with Crippen LogP contribution in [0.1, 0.15) is 33.6 Å². The second-order valence-corrected chi connectivity index (χ2v) is 6.85. The van der Waals surface area contributed by atoms with Crippen LogP contribution >= 0.6 is 11.3 Å². The number of rotatable bonds is 6. The molecule has 114 valence electrons. The molecule has 0 unspecified atom stereocenters. The van der Waals surface area contributed by atoms with Crippen LogP contribution in [-0.4, -0.2) is 26.8 Å². The van der Waals surface area contributed by atoms with Crippen LogP contribution in [-0.2, 0) is 11.3 Å². The monoisotopic (exact) mass is 309 g/mol. The topological polar surface area (TPSA) is 88.3 Å². The van der Waals surface area contributed by atoms with Crippen molar-refractivity contribution < 1.29 is 14.4 Å². The summed E-state index contributed by atoms with van der Waals surface area (Å²) in [5.74, 6) is 0.134. The molecule has 2 aromatic rings. The smallest absolute Gasteiger partial charge is 0.310 e. The van der Waals surface area contributed by atoms with Crippen molar-refractivity contribution >= 4 is 17.3 Å². The highest BCUT2D eigenvalue weighted by Crippen LogP contribution is 2.31. The number of carboxylic acid groups (broad SMARTS) is 1. The van der Waals surface area contributed by atoms with Crippen molar-refractivity contribution in [1.82, 2.24) is 15.5 Å². The highest BCUT2D eigenvalue weighted by molar-refractivity contribution is 7.13. The minimum Gasteiger partial charge on any atom is -0.481 e. The zero-order chi connectivity index (χ0) is 15.7. The molecule has 2 heterocycles. The molecule has 0 saturated heterocycles. The van der Waals surface area contributed by atoms with Crippen LogP contribution in [0.15, 0.2) is 22.0 Å². The van der Waals surface area contributed by atoms with Gasteiger partial charge in [-0.05, 0) is 39.1 Å². The summed E-state index contributed by atoms with van der Waals surface area (Å²) >= 11 is 1.54. The summed E-state index contributed by atoms with van der Waals surface area (Å²) < 4.78 is 5.19. The summed E-state index contributed by atoms with van der Waals surface area (Å²) in [6.07, 6.45) is 0. The van der Waals surface area contributed by atoms with Gasteiger partial charge in [0.25, 0.3) is 0 Å². The number of nitrogens with zero attached hydrogens (tertiary/aromatic N) is 2. The number of nitrogens with one attached hydrogen (secondary N) is 1. The molecular weight excluding hydrogens is 290 g/mol. The van der Waals surface area contributed by atoms with Gasteiger partial charge < -0.3 is 14.9 Å². The summed E-state index contributed by atoms with van der Waals surface area (Å²) in [7, 11) is 0. The molecular formula is C14H19N3O3S. The molecule has 21 heavy (non-hydrogen) atoms. The molecule has 0 fully saturated rings. The second-order valence-electron chi connectivity index (χ2n) is 5.90. The van der Waals surface area contributed by atoms with Gasteiger partial charge in [0, 0.05) is 5.54 Å². The molecule has 2 rings (SSSR count). The van der Waals surface area contributed by atoms with E-state index < -0.39 is 16.9 Å². The van der Waals surface area contributed by atoms with Crippen molar-refractivity contribution in [3.8, 4) is 10.7 Å². The maximum absolute atomic E-state index is 11.3. The van der Waals surface area contributed by atoms with E-state index in [1.807, 2.05) is 31.4 Å². The molecule has 0 aliphatic heterocycles. The predicted molar refractivity (Wildman–Crippen MR) is 79.9 cm³/mol. The predicted octanol–water partition coefficient (Wildman–Crippen LogP) is 2.78. The van der Waals surface area contributed by atoms with Crippen molar-refractivity contribution in [2.45, 2.75) is 39.8 Å². The summed E-state index contributed by atoms with van der Waals surface area (Å²) in [5.41, 5.74) is -1.56. The van der Waals surface area contributed by atoms with Gasteiger partial charge in [0.2, 0.25) is 11.7 Å². The SMILES string of the molecule is CC(C)(NCc1nc(-c2cccs2)no1)C(C)(C)C(=O)O. The van der Waals surface area contributed by atoms with Gasteiger partial charge >= 0.3 is 5.97 Å². The van der Waals surface area contributed by atoms with Crippen LogP contribution < -0.4 is 5.32 Å². The van der Waals surface area contributed by atoms with Crippen molar-refractivity contribution in [1.29, 1.82) is 0 Å². The number of carboxylic acids is 1. The summed E-state index contributed by atoms with van der Waals surface area (Å²) in [4.78, 5) is 16.6. The Balaban J connectivity index is 2.05. The molecule has 0 aromatic carbocycles. The van der Waals surface area contributed by atoms with Gasteiger partial charge in [0.05, 0.1) is 16.8 Å². The van der Waals surface area contributed by atoms with Crippen molar-refractivity contribution in [3.05, 3.63) is 23.4 Å². The summed E-state index contributed by atoms with van der Waals surface area (Å²) in [5, 5.41) is 18.4. The standard InChI is InChI=1S/C14H19N3O3S/c1-13(2,12(18)19)14(3,4)15-8-10-16-11(17-20-10)9-6-5-7-21-9/h5-7,15H,8H2,1-4H3,(H,18,19). The first-order valence-corrected chi connectivity index (χ1v) is 7.47. The maximum Gasteiger partial charge on any atom is 0.310 e. The number of hydrogen-bond donors (Lipinski definition) is 2. The second kappa shape index (κ2) is 5.57. The molecule has 0 saturated carbocycles. The molecule has 2 N–H and O–H groups in total. The average Bonchev–Trinajstić information content (AvgIpc) is 3.07. The largest absolute Gasteiger partial charge is 0.481 e. The minimum atomic E-state index is -0.927. The fourth-order valence-electron chi connectivity index (χ4n) is 1.62. The first-order valence-electron chi connectivity index (χ1n) is 6.59. The number of carbonyl (C=O) groups is 1. The van der Waals surface area contributed by atoms with E-state index in [0.717, 1.165) is 4.88 Å². The van der Waals surface area contributed by atoms with Gasteiger partial charge in [0.15, 0.2) is 0 Å². The lowest BCUT2D eigenvalue weighted by atomic mass is 9.74. The molecule has 6 nitrogen and oxygen atoms in total. The number of hydrogen-bond acceptors (Lipinski definition) is 6. The molecule has 0 bridgehead atoms. The molecule has 0 aliphatic rings. The van der Waals surface area contributed by atoms with Crippen LogP contribution in [0.2, 0.25) is 0 Å². The minimum absolute atomic E-state index is 0.322. The fourth-order valence-corrected chi connectivity index (χ4v) is 2.27. The Morgan fingerprint density at radius 2 is 2.14 bits per heavy atom. The normalized spacial score (nSPS) is 12.6. The summed E-state index contributed by atoms with van der Waals surface area (Å²) in [6.45, 7) is 7.39. The first-order chi connectivity index (χ1) is 9.74. The van der Waals surface area contributed by atoms with E-state index in [-0.39, 0.29) is 0 Å². The maximum atomic E-state index is 11.3. The Morgan fingerprint density at radius 1 is 1.43 bits per heavy atom. The quantitative estimate of drug-likeness (QED) is 0.853. The van der Waals surface area contributed by atoms with E-state index >= 15 is 0 Å². The number of aromatic nitrogens is 2. The third-order valence-electron chi connectivity index (χ3n) is 3.99. The van der Waals surface area contributed by atoms with Gasteiger partial charge in [0.1, 0.15) is 0 Å². The van der Waals surface area contributed by atoms with Crippen molar-refractivity contribution in [2.75, 3.05) is 0 Å². The average molecular weight is 309 g/mol. The zero-order valence-electron chi connectivity index (χ0n) is 12.5. The van der Waals surface area contributed by atoms with Gasteiger partial charge in [-0.1, -0.05) is 11.2 Å². The van der Waals surface area contributed by atoms with E-state index in [0.29, 0.717) is 18.3 Å². The zero-order valence-corrected chi connectivity index (χ0v) is 13.3. The Bertz CT molecular complexity index is 617. The van der Waals surface area contributed by atoms with E-state index in [2.05, 4.69) is 15.5 Å². The van der Waals surface area contributed by atoms with Crippen LogP contribution in [0.4, 0.5) is 0 Å². The molecule has 0 radical (unpaired) electrons. The Hall–Kier alpha value is -1.73. The third kappa shape index (κ3) is 3.14. The van der Waals surface area contributed by atoms with E-state index in [1.54, 1.807) is 13.8 Å². The number of thiophene rings is 1. The molecule has 0 amide bonds. The van der Waals surface area contributed by atoms with E-state index in [9.17, 15) is 9.90 Å². The Morgan fingerprint density at radius 3 is 2.71 bits per heavy atom. The fraction of sp³-hybridized carbons (Fsp3) is 0.500. The van der Waals surface area contributed by atoms with Crippen molar-refractivity contribution in [2.24, 2.45) is 5.41 Å². The molecule has 0 aliphatic carbocycles. The number of aliphatic carboxylic acids is 1. The Kier molecular flexibility index (Phi) is 4.15. The highest BCUT2D eigenvalue weighted by atomic mass is 32.1. The van der Waals surface area contributed by atoms with Crippen LogP contribution in [0.3, 0.4) is 0 Å². The van der Waals surface area contributed by atoms with Crippen molar-refractivity contribution in [3.63, 3.8) is 0 Å². The molecule has 0 spiro atoms. The molecule has 7 heteroatoms. The van der Waals surface area contributed by atoms with Crippen LogP contribution in [0.5, 0.6) is 0 Å². The van der Waals surface area contributed by atoms with Gasteiger partial charge in [-0.25, -0.2) is 0 Å². The lowest BCUT2D eigenvalue weighted by molar-refractivity contribution is -0.151.